The van der Waals surface area contributed by atoms with Crippen molar-refractivity contribution in [2.24, 2.45) is 0 Å². The number of carbonyl (C=O) groups excluding carboxylic acids is 2. The Kier molecular flexibility index (Phi) is 14.6. The zero-order valence-electron chi connectivity index (χ0n) is 17.1. The predicted molar refractivity (Wildman–Crippen MR) is 105 cm³/mol. The smallest absolute Gasteiger partial charge is 0.325 e. The average Bonchev–Trinajstić information content (AvgIpc) is 2.52. The first-order valence-electron chi connectivity index (χ1n) is 10.3. The number of unbranched alkanes of at least 4 members (excludes halogenated alkanes) is 11. The molecule has 0 aliphatic carbocycles. The molecule has 0 fully saturated rings. The fraction of sp³-hybridized carbons (Fsp3) is 0.905. The van der Waals surface area contributed by atoms with Crippen molar-refractivity contribution in [1.29, 1.82) is 0 Å². The van der Waals surface area contributed by atoms with Crippen molar-refractivity contribution in [1.82, 2.24) is 5.32 Å². The van der Waals surface area contributed by atoms with Crippen LogP contribution in [0.5, 0.6) is 0 Å². The van der Waals surface area contributed by atoms with Gasteiger partial charge in [-0.25, -0.2) is 0 Å². The van der Waals surface area contributed by atoms with Gasteiger partial charge in [0.15, 0.2) is 0 Å². The summed E-state index contributed by atoms with van der Waals surface area (Å²) in [5.74, 6) is -0.437. The summed E-state index contributed by atoms with van der Waals surface area (Å²) in [6, 6.07) is 0. The normalized spacial score (nSPS) is 11.4. The van der Waals surface area contributed by atoms with Gasteiger partial charge in [0.1, 0.15) is 12.1 Å². The summed E-state index contributed by atoms with van der Waals surface area (Å²) in [6.45, 7) is 7.68. The summed E-state index contributed by atoms with van der Waals surface area (Å²) in [5, 5.41) is 2.63. The lowest BCUT2D eigenvalue weighted by Crippen LogP contribution is -2.34. The van der Waals surface area contributed by atoms with Crippen LogP contribution in [0.4, 0.5) is 0 Å². The van der Waals surface area contributed by atoms with Crippen molar-refractivity contribution in [2.75, 3.05) is 6.54 Å². The van der Waals surface area contributed by atoms with E-state index in [1.54, 1.807) is 0 Å². The molecule has 0 rings (SSSR count). The van der Waals surface area contributed by atoms with Crippen LogP contribution in [-0.4, -0.2) is 24.0 Å². The molecule has 0 spiro atoms. The van der Waals surface area contributed by atoms with Gasteiger partial charge in [-0.15, -0.1) is 0 Å². The number of esters is 1. The molecule has 0 radical (unpaired) electrons. The van der Waals surface area contributed by atoms with E-state index in [0.29, 0.717) is 6.42 Å². The predicted octanol–water partition coefficient (Wildman–Crippen LogP) is 5.54. The van der Waals surface area contributed by atoms with Crippen LogP contribution in [-0.2, 0) is 14.3 Å². The Morgan fingerprint density at radius 3 is 1.64 bits per heavy atom. The number of nitrogens with one attached hydrogen (secondary N) is 1. The van der Waals surface area contributed by atoms with Gasteiger partial charge in [0.05, 0.1) is 0 Å². The Hall–Kier alpha value is -1.06. The SMILES string of the molecule is CCCCCCCCCCCCCCC(=O)NCC(=O)OC(C)(C)C. The minimum Gasteiger partial charge on any atom is -0.459 e. The summed E-state index contributed by atoms with van der Waals surface area (Å²) in [4.78, 5) is 23.2. The summed E-state index contributed by atoms with van der Waals surface area (Å²) < 4.78 is 5.15. The highest BCUT2D eigenvalue weighted by atomic mass is 16.6. The Labute approximate surface area is 155 Å². The minimum absolute atomic E-state index is 0.0334. The largest absolute Gasteiger partial charge is 0.459 e. The van der Waals surface area contributed by atoms with Crippen LogP contribution in [0.25, 0.3) is 0 Å². The van der Waals surface area contributed by atoms with E-state index >= 15 is 0 Å². The van der Waals surface area contributed by atoms with E-state index < -0.39 is 5.60 Å². The molecule has 4 heteroatoms. The van der Waals surface area contributed by atoms with Crippen LogP contribution < -0.4 is 5.32 Å². The molecule has 0 aromatic rings. The number of carbonyl (C=O) groups is 2. The van der Waals surface area contributed by atoms with Gasteiger partial charge < -0.3 is 10.1 Å². The number of rotatable bonds is 15. The highest BCUT2D eigenvalue weighted by Gasteiger charge is 2.16. The second-order valence-corrected chi connectivity index (χ2v) is 8.00. The second kappa shape index (κ2) is 15.2. The lowest BCUT2D eigenvalue weighted by Gasteiger charge is -2.19. The topological polar surface area (TPSA) is 55.4 Å². The van der Waals surface area contributed by atoms with Crippen molar-refractivity contribution >= 4 is 11.9 Å². The Bertz CT molecular complexity index is 348. The molecule has 0 unspecified atom stereocenters. The van der Waals surface area contributed by atoms with E-state index in [4.69, 9.17) is 4.74 Å². The van der Waals surface area contributed by atoms with E-state index in [1.165, 1.54) is 64.2 Å². The number of amides is 1. The third-order valence-corrected chi connectivity index (χ3v) is 4.11. The Morgan fingerprint density at radius 2 is 1.20 bits per heavy atom. The maximum atomic E-state index is 11.7. The van der Waals surface area contributed by atoms with E-state index in [0.717, 1.165) is 12.8 Å². The molecule has 0 bridgehead atoms. The van der Waals surface area contributed by atoms with Crippen LogP contribution in [0.15, 0.2) is 0 Å². The van der Waals surface area contributed by atoms with Gasteiger partial charge in [-0.3, -0.25) is 9.59 Å². The molecule has 0 aliphatic heterocycles. The van der Waals surface area contributed by atoms with Crippen molar-refractivity contribution in [3.05, 3.63) is 0 Å². The fourth-order valence-corrected chi connectivity index (χ4v) is 2.76. The zero-order valence-corrected chi connectivity index (χ0v) is 17.1. The summed E-state index contributed by atoms with van der Waals surface area (Å²) in [7, 11) is 0. The van der Waals surface area contributed by atoms with Crippen LogP contribution in [0.2, 0.25) is 0 Å². The van der Waals surface area contributed by atoms with E-state index in [2.05, 4.69) is 12.2 Å². The fourth-order valence-electron chi connectivity index (χ4n) is 2.76. The van der Waals surface area contributed by atoms with Gasteiger partial charge in [-0.2, -0.15) is 0 Å². The van der Waals surface area contributed by atoms with Crippen LogP contribution in [0.1, 0.15) is 111 Å². The molecule has 0 atom stereocenters. The minimum atomic E-state index is -0.503. The molecule has 0 heterocycles. The summed E-state index contributed by atoms with van der Waals surface area (Å²) in [6.07, 6.45) is 15.9. The summed E-state index contributed by atoms with van der Waals surface area (Å²) in [5.41, 5.74) is -0.503. The first kappa shape index (κ1) is 23.9. The van der Waals surface area contributed by atoms with E-state index in [9.17, 15) is 9.59 Å². The van der Waals surface area contributed by atoms with E-state index in [-0.39, 0.29) is 18.4 Å². The maximum absolute atomic E-state index is 11.7. The molecule has 148 valence electrons. The molecule has 1 N–H and O–H groups in total. The van der Waals surface area contributed by atoms with Crippen LogP contribution in [0.3, 0.4) is 0 Å². The van der Waals surface area contributed by atoms with Gasteiger partial charge in [0.2, 0.25) is 5.91 Å². The number of hydrogen-bond acceptors (Lipinski definition) is 3. The summed E-state index contributed by atoms with van der Waals surface area (Å²) >= 11 is 0. The molecule has 0 aliphatic rings. The van der Waals surface area contributed by atoms with Gasteiger partial charge in [0, 0.05) is 6.42 Å². The van der Waals surface area contributed by atoms with E-state index in [1.807, 2.05) is 20.8 Å². The molecule has 4 nitrogen and oxygen atoms in total. The molecule has 0 aromatic carbocycles. The molecular formula is C21H41NO3. The number of ether oxygens (including phenoxy) is 1. The first-order chi connectivity index (χ1) is 11.8. The van der Waals surface area contributed by atoms with Gasteiger partial charge in [-0.05, 0) is 27.2 Å². The Morgan fingerprint density at radius 1 is 0.760 bits per heavy atom. The van der Waals surface area contributed by atoms with Gasteiger partial charge in [-0.1, -0.05) is 77.6 Å². The van der Waals surface area contributed by atoms with Crippen molar-refractivity contribution in [2.45, 2.75) is 117 Å². The zero-order chi connectivity index (χ0) is 19.0. The quantitative estimate of drug-likeness (QED) is 0.310. The monoisotopic (exact) mass is 355 g/mol. The molecule has 0 aromatic heterocycles. The molecule has 0 saturated heterocycles. The third kappa shape index (κ3) is 19.1. The second-order valence-electron chi connectivity index (χ2n) is 8.00. The van der Waals surface area contributed by atoms with Gasteiger partial charge >= 0.3 is 5.97 Å². The number of hydrogen-bond donors (Lipinski definition) is 1. The molecule has 0 saturated carbocycles. The van der Waals surface area contributed by atoms with Crippen molar-refractivity contribution in [3.63, 3.8) is 0 Å². The lowest BCUT2D eigenvalue weighted by molar-refractivity contribution is -0.154. The van der Waals surface area contributed by atoms with Crippen LogP contribution in [0, 0.1) is 0 Å². The standard InChI is InChI=1S/C21H41NO3/c1-5-6-7-8-9-10-11-12-13-14-15-16-17-19(23)22-18-20(24)25-21(2,3)4/h5-18H2,1-4H3,(H,22,23). The molecule has 25 heavy (non-hydrogen) atoms. The molecule has 1 amide bonds. The van der Waals surface area contributed by atoms with Crippen molar-refractivity contribution < 1.29 is 14.3 Å². The van der Waals surface area contributed by atoms with Crippen LogP contribution >= 0.6 is 0 Å². The highest BCUT2D eigenvalue weighted by Crippen LogP contribution is 2.12. The van der Waals surface area contributed by atoms with Gasteiger partial charge in [0.25, 0.3) is 0 Å². The molecular weight excluding hydrogens is 314 g/mol. The maximum Gasteiger partial charge on any atom is 0.325 e. The van der Waals surface area contributed by atoms with Crippen molar-refractivity contribution in [3.8, 4) is 0 Å². The average molecular weight is 356 g/mol. The first-order valence-corrected chi connectivity index (χ1v) is 10.3. The Balaban J connectivity index is 3.34. The lowest BCUT2D eigenvalue weighted by atomic mass is 10.0. The third-order valence-electron chi connectivity index (χ3n) is 4.11. The highest BCUT2D eigenvalue weighted by molar-refractivity contribution is 5.81.